The molecule has 1 aliphatic carbocycles. The van der Waals surface area contributed by atoms with Gasteiger partial charge in [0.05, 0.1) is 12.0 Å². The number of carboxylic acids is 1. The molecule has 1 saturated carbocycles. The molecule has 0 radical (unpaired) electrons. The quantitative estimate of drug-likeness (QED) is 0.847. The molecule has 0 aliphatic heterocycles. The van der Waals surface area contributed by atoms with Crippen molar-refractivity contribution in [1.82, 2.24) is 5.32 Å². The second-order valence-corrected chi connectivity index (χ2v) is 5.79. The Morgan fingerprint density at radius 1 is 1.18 bits per heavy atom. The number of carbonyl (C=O) groups is 2. The number of benzene rings is 1. The first kappa shape index (κ1) is 16.3. The van der Waals surface area contributed by atoms with Crippen LogP contribution < -0.4 is 10.1 Å². The van der Waals surface area contributed by atoms with E-state index in [2.05, 4.69) is 5.32 Å². The van der Waals surface area contributed by atoms with Gasteiger partial charge in [-0.05, 0) is 44.0 Å². The summed E-state index contributed by atoms with van der Waals surface area (Å²) in [6.07, 6.45) is 4.15. The molecule has 2 N–H and O–H groups in total. The Morgan fingerprint density at radius 2 is 1.82 bits per heavy atom. The van der Waals surface area contributed by atoms with Crippen molar-refractivity contribution in [2.75, 3.05) is 13.2 Å². The van der Waals surface area contributed by atoms with E-state index in [4.69, 9.17) is 4.74 Å². The normalized spacial score (nSPS) is 16.8. The Bertz CT molecular complexity index is 518. The molecule has 0 heterocycles. The molecule has 5 nitrogen and oxygen atoms in total. The van der Waals surface area contributed by atoms with Gasteiger partial charge in [0.15, 0.2) is 0 Å². The van der Waals surface area contributed by atoms with Crippen molar-refractivity contribution in [3.63, 3.8) is 0 Å². The fourth-order valence-corrected chi connectivity index (χ4v) is 2.92. The Hall–Kier alpha value is -2.04. The first-order chi connectivity index (χ1) is 10.6. The number of hydrogen-bond acceptors (Lipinski definition) is 3. The van der Waals surface area contributed by atoms with Gasteiger partial charge in [0.2, 0.25) is 0 Å². The Balaban J connectivity index is 1.97. The number of ether oxygens (including phenoxy) is 1. The molecule has 0 saturated heterocycles. The van der Waals surface area contributed by atoms with Gasteiger partial charge < -0.3 is 15.2 Å². The fraction of sp³-hybridized carbons (Fsp3) is 0.529. The number of carbonyl (C=O) groups excluding carboxylic acids is 1. The van der Waals surface area contributed by atoms with Crippen molar-refractivity contribution in [3.05, 3.63) is 29.8 Å². The van der Waals surface area contributed by atoms with Crippen molar-refractivity contribution in [1.29, 1.82) is 0 Å². The molecule has 1 aromatic rings. The Kier molecular flexibility index (Phi) is 5.41. The summed E-state index contributed by atoms with van der Waals surface area (Å²) in [6, 6.07) is 6.86. The predicted octanol–water partition coefficient (Wildman–Crippen LogP) is 2.85. The highest BCUT2D eigenvalue weighted by Crippen LogP contribution is 2.36. The number of nitrogens with one attached hydrogen (secondary N) is 1. The molecule has 120 valence electrons. The lowest BCUT2D eigenvalue weighted by molar-refractivity contribution is -0.150. The molecule has 0 unspecified atom stereocenters. The molecule has 0 spiro atoms. The van der Waals surface area contributed by atoms with Crippen LogP contribution in [0.25, 0.3) is 0 Å². The monoisotopic (exact) mass is 305 g/mol. The molecule has 1 aromatic carbocycles. The minimum atomic E-state index is -0.806. The molecule has 0 bridgehead atoms. The third kappa shape index (κ3) is 3.78. The highest BCUT2D eigenvalue weighted by atomic mass is 16.5. The predicted molar refractivity (Wildman–Crippen MR) is 83.1 cm³/mol. The van der Waals surface area contributed by atoms with E-state index in [1.807, 2.05) is 6.92 Å². The summed E-state index contributed by atoms with van der Waals surface area (Å²) < 4.78 is 5.33. The third-order valence-corrected chi connectivity index (χ3v) is 4.28. The maximum atomic E-state index is 12.2. The first-order valence-electron chi connectivity index (χ1n) is 7.82. The van der Waals surface area contributed by atoms with Gasteiger partial charge >= 0.3 is 5.97 Å². The van der Waals surface area contributed by atoms with E-state index >= 15 is 0 Å². The van der Waals surface area contributed by atoms with Gasteiger partial charge in [-0.3, -0.25) is 9.59 Å². The molecule has 22 heavy (non-hydrogen) atoms. The van der Waals surface area contributed by atoms with Crippen LogP contribution in [0.4, 0.5) is 0 Å². The number of carboxylic acid groups (broad SMARTS) is 1. The SMILES string of the molecule is CCOc1ccc(C(=O)NCC2(C(=O)O)CCCCC2)cc1. The van der Waals surface area contributed by atoms with E-state index in [1.54, 1.807) is 24.3 Å². The maximum Gasteiger partial charge on any atom is 0.311 e. The van der Waals surface area contributed by atoms with E-state index in [1.165, 1.54) is 0 Å². The summed E-state index contributed by atoms with van der Waals surface area (Å²) >= 11 is 0. The summed E-state index contributed by atoms with van der Waals surface area (Å²) in [7, 11) is 0. The summed E-state index contributed by atoms with van der Waals surface area (Å²) in [5, 5.41) is 12.3. The van der Waals surface area contributed by atoms with Crippen LogP contribution in [0.5, 0.6) is 5.75 Å². The second-order valence-electron chi connectivity index (χ2n) is 5.79. The van der Waals surface area contributed by atoms with Crippen LogP contribution in [0.2, 0.25) is 0 Å². The summed E-state index contributed by atoms with van der Waals surface area (Å²) in [5.41, 5.74) is -0.293. The smallest absolute Gasteiger partial charge is 0.311 e. The van der Waals surface area contributed by atoms with E-state index in [-0.39, 0.29) is 12.5 Å². The third-order valence-electron chi connectivity index (χ3n) is 4.28. The summed E-state index contributed by atoms with van der Waals surface area (Å²) in [6.45, 7) is 2.66. The summed E-state index contributed by atoms with van der Waals surface area (Å²) in [4.78, 5) is 23.8. The minimum Gasteiger partial charge on any atom is -0.494 e. The Morgan fingerprint density at radius 3 is 2.36 bits per heavy atom. The van der Waals surface area contributed by atoms with Crippen LogP contribution in [0.3, 0.4) is 0 Å². The van der Waals surface area contributed by atoms with Crippen LogP contribution in [0.1, 0.15) is 49.4 Å². The fourth-order valence-electron chi connectivity index (χ4n) is 2.92. The zero-order chi connectivity index (χ0) is 16.0. The molecule has 5 heteroatoms. The number of amides is 1. The average Bonchev–Trinajstić information content (AvgIpc) is 2.54. The Labute approximate surface area is 130 Å². The van der Waals surface area contributed by atoms with Crippen LogP contribution in [-0.2, 0) is 4.79 Å². The molecule has 1 amide bonds. The molecule has 1 fully saturated rings. The van der Waals surface area contributed by atoms with Crippen molar-refractivity contribution in [2.45, 2.75) is 39.0 Å². The van der Waals surface area contributed by atoms with Crippen LogP contribution >= 0.6 is 0 Å². The molecule has 1 aliphatic rings. The summed E-state index contributed by atoms with van der Waals surface area (Å²) in [5.74, 6) is -0.332. The van der Waals surface area contributed by atoms with Gasteiger partial charge in [0.1, 0.15) is 5.75 Å². The van der Waals surface area contributed by atoms with E-state index in [9.17, 15) is 14.7 Å². The van der Waals surface area contributed by atoms with Gasteiger partial charge in [-0.2, -0.15) is 0 Å². The van der Waals surface area contributed by atoms with E-state index in [0.717, 1.165) is 19.3 Å². The van der Waals surface area contributed by atoms with Crippen LogP contribution in [0.15, 0.2) is 24.3 Å². The lowest BCUT2D eigenvalue weighted by Crippen LogP contribution is -2.44. The maximum absolute atomic E-state index is 12.2. The van der Waals surface area contributed by atoms with Gasteiger partial charge in [-0.25, -0.2) is 0 Å². The van der Waals surface area contributed by atoms with Gasteiger partial charge in [0.25, 0.3) is 5.91 Å². The molecular weight excluding hydrogens is 282 g/mol. The van der Waals surface area contributed by atoms with Crippen LogP contribution in [-0.4, -0.2) is 30.1 Å². The van der Waals surface area contributed by atoms with E-state index in [0.29, 0.717) is 30.8 Å². The highest BCUT2D eigenvalue weighted by molar-refractivity contribution is 5.94. The van der Waals surface area contributed by atoms with Crippen molar-refractivity contribution in [3.8, 4) is 5.75 Å². The van der Waals surface area contributed by atoms with Crippen molar-refractivity contribution in [2.24, 2.45) is 5.41 Å². The molecule has 0 aromatic heterocycles. The van der Waals surface area contributed by atoms with Crippen LogP contribution in [0, 0.1) is 5.41 Å². The molecule has 2 rings (SSSR count). The van der Waals surface area contributed by atoms with Gasteiger partial charge in [-0.15, -0.1) is 0 Å². The topological polar surface area (TPSA) is 75.6 Å². The lowest BCUT2D eigenvalue weighted by Gasteiger charge is -2.33. The van der Waals surface area contributed by atoms with Gasteiger partial charge in [0, 0.05) is 12.1 Å². The highest BCUT2D eigenvalue weighted by Gasteiger charge is 2.39. The zero-order valence-corrected chi connectivity index (χ0v) is 12.9. The van der Waals surface area contributed by atoms with Gasteiger partial charge in [-0.1, -0.05) is 19.3 Å². The van der Waals surface area contributed by atoms with Crippen molar-refractivity contribution >= 4 is 11.9 Å². The van der Waals surface area contributed by atoms with E-state index < -0.39 is 11.4 Å². The zero-order valence-electron chi connectivity index (χ0n) is 12.9. The van der Waals surface area contributed by atoms with Crippen molar-refractivity contribution < 1.29 is 19.4 Å². The number of rotatable bonds is 6. The lowest BCUT2D eigenvalue weighted by atomic mass is 9.74. The largest absolute Gasteiger partial charge is 0.494 e. The number of aliphatic carboxylic acids is 1. The second kappa shape index (κ2) is 7.29. The molecule has 0 atom stereocenters. The number of hydrogen-bond donors (Lipinski definition) is 2. The minimum absolute atomic E-state index is 0.189. The average molecular weight is 305 g/mol. The first-order valence-corrected chi connectivity index (χ1v) is 7.82. The molecular formula is C17H23NO4. The standard InChI is InChI=1S/C17H23NO4/c1-2-22-14-8-6-13(7-9-14)15(19)18-12-17(16(20)21)10-4-3-5-11-17/h6-9H,2-5,10-12H2,1H3,(H,18,19)(H,20,21).